The molecule has 2 heterocycles. The maximum Gasteiger partial charge on any atom is 0.311 e. The number of nitrogens with one attached hydrogen (secondary N) is 1. The van der Waals surface area contributed by atoms with Crippen molar-refractivity contribution in [1.82, 2.24) is 9.88 Å². The van der Waals surface area contributed by atoms with E-state index in [1.54, 1.807) is 0 Å². The zero-order valence-corrected chi connectivity index (χ0v) is 18.0. The number of ether oxygens (including phenoxy) is 1. The van der Waals surface area contributed by atoms with E-state index in [-0.39, 0.29) is 22.7 Å². The first-order valence-electron chi connectivity index (χ1n) is 10.5. The lowest BCUT2D eigenvalue weighted by atomic mass is 9.90. The van der Waals surface area contributed by atoms with E-state index in [2.05, 4.69) is 22.1 Å². The lowest BCUT2D eigenvalue weighted by Gasteiger charge is -2.40. The van der Waals surface area contributed by atoms with Gasteiger partial charge in [0, 0.05) is 37.8 Å². The minimum atomic E-state index is -0.419. The van der Waals surface area contributed by atoms with Gasteiger partial charge in [0.05, 0.1) is 11.0 Å². The van der Waals surface area contributed by atoms with E-state index in [1.807, 2.05) is 13.8 Å². The highest BCUT2D eigenvalue weighted by Gasteiger charge is 2.30. The van der Waals surface area contributed by atoms with Crippen molar-refractivity contribution < 1.29 is 9.66 Å². The fraction of sp³-hybridized carbons (Fsp3) is 0.750. The first kappa shape index (κ1) is 22.8. The molecule has 8 heteroatoms. The van der Waals surface area contributed by atoms with Crippen LogP contribution in [0.25, 0.3) is 0 Å². The molecule has 1 aromatic rings. The molecule has 1 aliphatic carbocycles. The van der Waals surface area contributed by atoms with Crippen LogP contribution in [0.2, 0.25) is 5.15 Å². The molecule has 1 aliphatic heterocycles. The quantitative estimate of drug-likeness (QED) is 0.407. The van der Waals surface area contributed by atoms with E-state index in [0.29, 0.717) is 12.1 Å². The van der Waals surface area contributed by atoms with Gasteiger partial charge in [-0.25, -0.2) is 4.98 Å². The minimum absolute atomic E-state index is 0.0222. The average Bonchev–Trinajstić information content (AvgIpc) is 2.71. The summed E-state index contributed by atoms with van der Waals surface area (Å²) in [6.07, 6.45) is 7.04. The molecule has 2 aliphatic rings. The molecule has 3 rings (SSSR count). The predicted molar refractivity (Wildman–Crippen MR) is 113 cm³/mol. The summed E-state index contributed by atoms with van der Waals surface area (Å²) >= 11 is 5.91. The second kappa shape index (κ2) is 11.5. The summed E-state index contributed by atoms with van der Waals surface area (Å²) < 4.78 is 5.74. The van der Waals surface area contributed by atoms with Crippen molar-refractivity contribution >= 4 is 23.1 Å². The molecule has 0 aromatic carbocycles. The van der Waals surface area contributed by atoms with Gasteiger partial charge in [-0.2, -0.15) is 0 Å². The number of nitro groups is 1. The van der Waals surface area contributed by atoms with Crippen molar-refractivity contribution in [1.29, 1.82) is 0 Å². The van der Waals surface area contributed by atoms with E-state index < -0.39 is 4.92 Å². The normalized spacial score (nSPS) is 23.6. The van der Waals surface area contributed by atoms with Gasteiger partial charge in [0.1, 0.15) is 5.15 Å². The van der Waals surface area contributed by atoms with Crippen LogP contribution in [0.3, 0.4) is 0 Å². The Morgan fingerprint density at radius 1 is 1.21 bits per heavy atom. The second-order valence-electron chi connectivity index (χ2n) is 7.10. The maximum absolute atomic E-state index is 11.2. The molecular weight excluding hydrogens is 380 g/mol. The fourth-order valence-electron chi connectivity index (χ4n) is 4.10. The van der Waals surface area contributed by atoms with E-state index in [9.17, 15) is 10.1 Å². The summed E-state index contributed by atoms with van der Waals surface area (Å²) in [4.78, 5) is 17.4. The molecular formula is C20H33ClN4O3. The molecule has 1 aromatic heterocycles. The van der Waals surface area contributed by atoms with Gasteiger partial charge in [-0.3, -0.25) is 10.1 Å². The molecule has 0 atom stereocenters. The fourth-order valence-corrected chi connectivity index (χ4v) is 4.24. The Morgan fingerprint density at radius 2 is 1.86 bits per heavy atom. The third-order valence-electron chi connectivity index (χ3n) is 5.47. The van der Waals surface area contributed by atoms with Crippen LogP contribution in [0, 0.1) is 10.1 Å². The van der Waals surface area contributed by atoms with Crippen LogP contribution >= 0.6 is 11.6 Å². The number of likely N-dealkylation sites (tertiary alicyclic amines) is 1. The Bertz CT molecular complexity index is 615. The molecule has 28 heavy (non-hydrogen) atoms. The largest absolute Gasteiger partial charge is 0.379 e. The Morgan fingerprint density at radius 3 is 2.43 bits per heavy atom. The van der Waals surface area contributed by atoms with Gasteiger partial charge >= 0.3 is 5.69 Å². The standard InChI is InChI=1S/C18H27ClN4O3.C2H6/c1-2-26-15-5-3-14(4-6-15)22-11-9-13(10-12-22)20-18-16(23(24)25)7-8-17(19)21-18;1-2/h7-8,13-15H,2-6,9-12H2,1H3,(H,20,21);1-2H3. The first-order valence-corrected chi connectivity index (χ1v) is 10.9. The number of anilines is 1. The van der Waals surface area contributed by atoms with Gasteiger partial charge in [-0.15, -0.1) is 0 Å². The average molecular weight is 413 g/mol. The molecule has 0 bridgehead atoms. The van der Waals surface area contributed by atoms with Crippen LogP contribution in [-0.4, -0.2) is 52.7 Å². The van der Waals surface area contributed by atoms with Crippen molar-refractivity contribution in [2.24, 2.45) is 0 Å². The first-order chi connectivity index (χ1) is 13.6. The Labute approximate surface area is 172 Å². The summed E-state index contributed by atoms with van der Waals surface area (Å²) in [5.41, 5.74) is -0.0222. The molecule has 1 saturated carbocycles. The molecule has 1 saturated heterocycles. The highest BCUT2D eigenvalue weighted by molar-refractivity contribution is 6.29. The lowest BCUT2D eigenvalue weighted by molar-refractivity contribution is -0.384. The van der Waals surface area contributed by atoms with Crippen LogP contribution < -0.4 is 5.32 Å². The zero-order chi connectivity index (χ0) is 20.5. The predicted octanol–water partition coefficient (Wildman–Crippen LogP) is 4.89. The number of pyridine rings is 1. The molecule has 0 spiro atoms. The smallest absolute Gasteiger partial charge is 0.311 e. The van der Waals surface area contributed by atoms with Crippen LogP contribution in [0.5, 0.6) is 0 Å². The van der Waals surface area contributed by atoms with Crippen LogP contribution in [0.1, 0.15) is 59.3 Å². The Balaban J connectivity index is 0.00000136. The summed E-state index contributed by atoms with van der Waals surface area (Å²) in [7, 11) is 0. The lowest BCUT2D eigenvalue weighted by Crippen LogP contribution is -2.46. The molecule has 2 fully saturated rings. The molecule has 1 N–H and O–H groups in total. The Kier molecular flexibility index (Phi) is 9.41. The number of hydrogen-bond acceptors (Lipinski definition) is 6. The number of rotatable bonds is 6. The zero-order valence-electron chi connectivity index (χ0n) is 17.2. The summed E-state index contributed by atoms with van der Waals surface area (Å²) in [5.74, 6) is 0.276. The van der Waals surface area contributed by atoms with Crippen LogP contribution in [-0.2, 0) is 4.74 Å². The van der Waals surface area contributed by atoms with Gasteiger partial charge in [-0.05, 0) is 51.5 Å². The summed E-state index contributed by atoms with van der Waals surface area (Å²) in [6.45, 7) is 8.88. The van der Waals surface area contributed by atoms with E-state index in [4.69, 9.17) is 16.3 Å². The Hall–Kier alpha value is -1.44. The van der Waals surface area contributed by atoms with Crippen molar-refractivity contribution in [2.75, 3.05) is 25.0 Å². The SMILES string of the molecule is CC.CCOC1CCC(N2CCC(Nc3nc(Cl)ccc3[N+](=O)[O-])CC2)CC1. The molecule has 0 unspecified atom stereocenters. The van der Waals surface area contributed by atoms with Crippen molar-refractivity contribution in [3.8, 4) is 0 Å². The van der Waals surface area contributed by atoms with Gasteiger partial charge < -0.3 is 15.0 Å². The van der Waals surface area contributed by atoms with E-state index in [1.165, 1.54) is 25.0 Å². The van der Waals surface area contributed by atoms with Crippen molar-refractivity contribution in [3.63, 3.8) is 0 Å². The molecule has 0 radical (unpaired) electrons. The topological polar surface area (TPSA) is 80.5 Å². The van der Waals surface area contributed by atoms with Crippen LogP contribution in [0.15, 0.2) is 12.1 Å². The number of aromatic nitrogens is 1. The number of hydrogen-bond donors (Lipinski definition) is 1. The second-order valence-corrected chi connectivity index (χ2v) is 7.49. The molecule has 7 nitrogen and oxygen atoms in total. The minimum Gasteiger partial charge on any atom is -0.379 e. The monoisotopic (exact) mass is 412 g/mol. The number of piperidine rings is 1. The van der Waals surface area contributed by atoms with Gasteiger partial charge in [0.25, 0.3) is 0 Å². The van der Waals surface area contributed by atoms with Gasteiger partial charge in [0.15, 0.2) is 0 Å². The third-order valence-corrected chi connectivity index (χ3v) is 5.68. The highest BCUT2D eigenvalue weighted by atomic mass is 35.5. The van der Waals surface area contributed by atoms with E-state index in [0.717, 1.165) is 45.4 Å². The number of halogens is 1. The van der Waals surface area contributed by atoms with E-state index >= 15 is 0 Å². The van der Waals surface area contributed by atoms with Gasteiger partial charge in [-0.1, -0.05) is 25.4 Å². The molecule has 0 amide bonds. The number of nitrogens with zero attached hydrogens (tertiary/aromatic N) is 3. The van der Waals surface area contributed by atoms with Crippen molar-refractivity contribution in [3.05, 3.63) is 27.4 Å². The summed E-state index contributed by atoms with van der Waals surface area (Å²) in [6, 6.07) is 3.69. The van der Waals surface area contributed by atoms with Crippen LogP contribution in [0.4, 0.5) is 11.5 Å². The summed E-state index contributed by atoms with van der Waals surface area (Å²) in [5, 5.41) is 14.7. The maximum atomic E-state index is 11.2. The third kappa shape index (κ3) is 6.29. The van der Waals surface area contributed by atoms with Crippen molar-refractivity contribution in [2.45, 2.75) is 77.5 Å². The highest BCUT2D eigenvalue weighted by Crippen LogP contribution is 2.29. The van der Waals surface area contributed by atoms with Gasteiger partial charge in [0.2, 0.25) is 5.82 Å². The molecule has 158 valence electrons.